The number of nitrogens with zero attached hydrogens (tertiary/aromatic N) is 5. The van der Waals surface area contributed by atoms with Crippen LogP contribution in [0.25, 0.3) is 0 Å². The molecule has 1 saturated carbocycles. The van der Waals surface area contributed by atoms with Crippen LogP contribution >= 0.6 is 0 Å². The number of piperidine rings is 2. The Balaban J connectivity index is 0.764. The van der Waals surface area contributed by atoms with Gasteiger partial charge in [0.15, 0.2) is 5.82 Å². The first kappa shape index (κ1) is 38.9. The zero-order valence-corrected chi connectivity index (χ0v) is 32.2. The number of fused-ring (bicyclic) bond motifs is 1. The summed E-state index contributed by atoms with van der Waals surface area (Å²) in [6.07, 6.45) is 16.1. The average molecular weight is 773 g/mol. The first-order valence-electron chi connectivity index (χ1n) is 19.9. The minimum Gasteiger partial charge on any atom is -0.611 e. The van der Waals surface area contributed by atoms with Crippen molar-refractivity contribution in [3.63, 3.8) is 0 Å². The summed E-state index contributed by atoms with van der Waals surface area (Å²) in [4.78, 5) is 58.1. The standard InChI is InChI=1S/C40H52N8O6S/c49-26-40(17-8-18-40)47-37-35-32(16-22-55(35)53)44-39(46-37)48-20-14-27(15-21-48)36-42-24-29(25-43-36)41-19-6-4-2-1-3-5-11-34(51)54-30-10-7-9-28(23-30)31-12-13-33(50)45-38(31)52/h7,9-10,23-25,27,31,41,49H,1-6,8,11-22,26H2,(H,44,46,47)(H,45,50,52)/t31?,55-/m1/s1. The number of unbranched alkanes of at least 4 members (excludes halogenated alkanes) is 5. The maximum atomic E-state index is 12.8. The molecule has 4 aliphatic rings. The molecular weight excluding hydrogens is 721 g/mol. The Bertz CT molecular complexity index is 1810. The topological polar surface area (TPSA) is 195 Å². The lowest BCUT2D eigenvalue weighted by atomic mass is 9.77. The van der Waals surface area contributed by atoms with E-state index in [1.54, 1.807) is 18.2 Å². The molecule has 7 rings (SSSR count). The summed E-state index contributed by atoms with van der Waals surface area (Å²) in [6.45, 7) is 2.45. The van der Waals surface area contributed by atoms with Crippen LogP contribution in [0.4, 0.5) is 17.5 Å². The minimum atomic E-state index is -1.12. The smallest absolute Gasteiger partial charge is 0.311 e. The summed E-state index contributed by atoms with van der Waals surface area (Å²) in [5.41, 5.74) is 2.14. The molecule has 55 heavy (non-hydrogen) atoms. The SMILES string of the molecule is O=C1CCC(c2cccc(OC(=O)CCCCCCCCNc3cnc(C4CCN(c5nc6c(c(NC7(CO)CCC7)n5)[S@+]([O-])CC6)CC4)nc3)c2)C(=O)N1. The van der Waals surface area contributed by atoms with Crippen molar-refractivity contribution in [1.82, 2.24) is 25.3 Å². The van der Waals surface area contributed by atoms with Crippen molar-refractivity contribution in [1.29, 1.82) is 0 Å². The zero-order valence-electron chi connectivity index (χ0n) is 31.4. The summed E-state index contributed by atoms with van der Waals surface area (Å²) in [6, 6.07) is 7.01. The minimum absolute atomic E-state index is 0.0356. The molecule has 4 N–H and O–H groups in total. The predicted octanol–water partition coefficient (Wildman–Crippen LogP) is 4.91. The van der Waals surface area contributed by atoms with E-state index in [0.29, 0.717) is 53.8 Å². The van der Waals surface area contributed by atoms with E-state index in [2.05, 4.69) is 20.9 Å². The molecule has 0 radical (unpaired) electrons. The highest BCUT2D eigenvalue weighted by atomic mass is 32.2. The Hall–Kier alpha value is -4.34. The van der Waals surface area contributed by atoms with Gasteiger partial charge in [-0.15, -0.1) is 0 Å². The number of anilines is 3. The van der Waals surface area contributed by atoms with Crippen molar-refractivity contribution < 1.29 is 28.8 Å². The molecular formula is C40H52N8O6S. The molecule has 15 heteroatoms. The van der Waals surface area contributed by atoms with E-state index in [0.717, 1.165) is 113 Å². The Morgan fingerprint density at radius 3 is 2.51 bits per heavy atom. The molecule has 1 aliphatic carbocycles. The molecule has 0 bridgehead atoms. The van der Waals surface area contributed by atoms with Crippen molar-refractivity contribution in [3.8, 4) is 5.75 Å². The summed E-state index contributed by atoms with van der Waals surface area (Å²) in [7, 11) is 0. The van der Waals surface area contributed by atoms with Crippen molar-refractivity contribution in [2.24, 2.45) is 0 Å². The van der Waals surface area contributed by atoms with Crippen LogP contribution in [0.15, 0.2) is 41.6 Å². The summed E-state index contributed by atoms with van der Waals surface area (Å²) in [5.74, 6) is 2.15. The molecule has 2 amide bonds. The van der Waals surface area contributed by atoms with Crippen molar-refractivity contribution in [2.75, 3.05) is 47.5 Å². The number of benzene rings is 1. The Morgan fingerprint density at radius 1 is 1.02 bits per heavy atom. The molecule has 3 fully saturated rings. The molecule has 3 aliphatic heterocycles. The van der Waals surface area contributed by atoms with E-state index < -0.39 is 17.1 Å². The van der Waals surface area contributed by atoms with Gasteiger partial charge in [-0.2, -0.15) is 4.98 Å². The second-order valence-corrected chi connectivity index (χ2v) is 16.8. The fraction of sp³-hybridized carbons (Fsp3) is 0.575. The first-order valence-corrected chi connectivity index (χ1v) is 21.2. The second-order valence-electron chi connectivity index (χ2n) is 15.3. The average Bonchev–Trinajstić information content (AvgIpc) is 3.56. The summed E-state index contributed by atoms with van der Waals surface area (Å²) >= 11 is -1.12. The Morgan fingerprint density at radius 2 is 1.78 bits per heavy atom. The van der Waals surface area contributed by atoms with E-state index in [-0.39, 0.29) is 35.8 Å². The Labute approximate surface area is 325 Å². The van der Waals surface area contributed by atoms with Crippen molar-refractivity contribution in [3.05, 3.63) is 53.7 Å². The molecule has 2 atom stereocenters. The van der Waals surface area contributed by atoms with E-state index in [1.165, 1.54) is 0 Å². The van der Waals surface area contributed by atoms with E-state index in [9.17, 15) is 24.0 Å². The molecule has 0 spiro atoms. The molecule has 1 aromatic carbocycles. The van der Waals surface area contributed by atoms with Crippen LogP contribution in [-0.4, -0.2) is 84.9 Å². The number of esters is 1. The van der Waals surface area contributed by atoms with Crippen LogP contribution in [0.3, 0.4) is 0 Å². The van der Waals surface area contributed by atoms with Crippen LogP contribution in [0.1, 0.15) is 119 Å². The number of carbonyl (C=O) groups is 3. The number of hydrogen-bond donors (Lipinski definition) is 4. The van der Waals surface area contributed by atoms with Gasteiger partial charge in [0.2, 0.25) is 22.7 Å². The zero-order chi connectivity index (χ0) is 38.2. The number of aromatic nitrogens is 4. The van der Waals surface area contributed by atoms with E-state index in [4.69, 9.17) is 24.7 Å². The maximum absolute atomic E-state index is 12.8. The van der Waals surface area contributed by atoms with Crippen LogP contribution in [-0.2, 0) is 32.0 Å². The predicted molar refractivity (Wildman–Crippen MR) is 209 cm³/mol. The van der Waals surface area contributed by atoms with Gasteiger partial charge in [0.05, 0.1) is 36.1 Å². The van der Waals surface area contributed by atoms with Crippen LogP contribution < -0.4 is 25.6 Å². The molecule has 3 aromatic rings. The highest BCUT2D eigenvalue weighted by Crippen LogP contribution is 2.40. The molecule has 2 aromatic heterocycles. The number of amides is 2. The van der Waals surface area contributed by atoms with Crippen LogP contribution in [0, 0.1) is 0 Å². The summed E-state index contributed by atoms with van der Waals surface area (Å²) in [5, 5.41) is 19.3. The number of rotatable bonds is 17. The van der Waals surface area contributed by atoms with Gasteiger partial charge in [0.25, 0.3) is 0 Å². The number of hydrogen-bond acceptors (Lipinski definition) is 13. The highest BCUT2D eigenvalue weighted by Gasteiger charge is 2.41. The lowest BCUT2D eigenvalue weighted by molar-refractivity contribution is -0.135. The number of imide groups is 1. The Kier molecular flexibility index (Phi) is 12.8. The van der Waals surface area contributed by atoms with Crippen molar-refractivity contribution in [2.45, 2.75) is 119 Å². The third kappa shape index (κ3) is 9.73. The van der Waals surface area contributed by atoms with Gasteiger partial charge in [-0.3, -0.25) is 19.7 Å². The summed E-state index contributed by atoms with van der Waals surface area (Å²) < 4.78 is 18.3. The number of ether oxygens (including phenoxy) is 1. The first-order chi connectivity index (χ1) is 26.8. The number of aliphatic hydroxyl groups excluding tert-OH is 1. The molecule has 1 unspecified atom stereocenters. The monoisotopic (exact) mass is 772 g/mol. The van der Waals surface area contributed by atoms with Crippen LogP contribution in [0.2, 0.25) is 0 Å². The lowest BCUT2D eigenvalue weighted by Gasteiger charge is -2.41. The van der Waals surface area contributed by atoms with E-state index in [1.807, 2.05) is 18.5 Å². The van der Waals surface area contributed by atoms with Gasteiger partial charge in [-0.25, -0.2) is 15.0 Å². The van der Waals surface area contributed by atoms with Gasteiger partial charge in [0.1, 0.15) is 23.0 Å². The quantitative estimate of drug-likeness (QED) is 0.0476. The largest absolute Gasteiger partial charge is 0.611 e. The van der Waals surface area contributed by atoms with Gasteiger partial charge in [-0.1, -0.05) is 37.8 Å². The van der Waals surface area contributed by atoms with Gasteiger partial charge >= 0.3 is 5.97 Å². The van der Waals surface area contributed by atoms with Gasteiger partial charge in [-0.05, 0) is 80.2 Å². The highest BCUT2D eigenvalue weighted by molar-refractivity contribution is 7.91. The van der Waals surface area contributed by atoms with Crippen molar-refractivity contribution >= 4 is 46.4 Å². The van der Waals surface area contributed by atoms with Crippen LogP contribution in [0.5, 0.6) is 5.75 Å². The molecule has 2 saturated heterocycles. The molecule has 5 heterocycles. The van der Waals surface area contributed by atoms with Gasteiger partial charge in [0, 0.05) is 44.8 Å². The van der Waals surface area contributed by atoms with Gasteiger partial charge < -0.3 is 29.9 Å². The third-order valence-corrected chi connectivity index (χ3v) is 12.8. The molecule has 14 nitrogen and oxygen atoms in total. The number of aliphatic hydroxyl groups is 1. The third-order valence-electron chi connectivity index (χ3n) is 11.4. The number of aryl methyl sites for hydroxylation is 1. The fourth-order valence-electron chi connectivity index (χ4n) is 7.89. The normalized spacial score (nSPS) is 20.7. The lowest BCUT2D eigenvalue weighted by Crippen LogP contribution is -2.49. The number of nitrogens with one attached hydrogen (secondary N) is 3. The maximum Gasteiger partial charge on any atom is 0.311 e. The fourth-order valence-corrected chi connectivity index (χ4v) is 9.19. The molecule has 294 valence electrons. The van der Waals surface area contributed by atoms with E-state index >= 15 is 0 Å². The number of carbonyl (C=O) groups excluding carboxylic acids is 3. The second kappa shape index (κ2) is 18.1.